The van der Waals surface area contributed by atoms with E-state index in [2.05, 4.69) is 4.99 Å². The Bertz CT molecular complexity index is 345. The van der Waals surface area contributed by atoms with Crippen molar-refractivity contribution in [3.8, 4) is 0 Å². The van der Waals surface area contributed by atoms with Gasteiger partial charge in [-0.05, 0) is 19.4 Å². The molecule has 0 bridgehead atoms. The summed E-state index contributed by atoms with van der Waals surface area (Å²) in [5.41, 5.74) is 12.5. The summed E-state index contributed by atoms with van der Waals surface area (Å²) < 4.78 is 0. The predicted octanol–water partition coefficient (Wildman–Crippen LogP) is 1.07. The fraction of sp³-hybridized carbons (Fsp3) is 0.364. The molecule has 15 heavy (non-hydrogen) atoms. The van der Waals surface area contributed by atoms with Gasteiger partial charge < -0.3 is 16.6 Å². The Hall–Kier alpha value is -1.55. The van der Waals surface area contributed by atoms with Gasteiger partial charge in [-0.3, -0.25) is 4.99 Å². The molecule has 0 aromatic heterocycles. The van der Waals surface area contributed by atoms with Gasteiger partial charge >= 0.3 is 0 Å². The van der Waals surface area contributed by atoms with Gasteiger partial charge in [-0.1, -0.05) is 18.2 Å². The molecule has 1 rings (SSSR count). The number of aliphatic imine (C=N–C) groups is 1. The highest BCUT2D eigenvalue weighted by Crippen LogP contribution is 2.22. The lowest BCUT2D eigenvalue weighted by molar-refractivity contribution is 0.171. The van der Waals surface area contributed by atoms with Crippen molar-refractivity contribution in [2.45, 2.75) is 19.4 Å². The van der Waals surface area contributed by atoms with Crippen molar-refractivity contribution < 1.29 is 5.11 Å². The minimum Gasteiger partial charge on any atom is -0.398 e. The van der Waals surface area contributed by atoms with E-state index < -0.39 is 6.10 Å². The quantitative estimate of drug-likeness (QED) is 0.392. The van der Waals surface area contributed by atoms with Crippen molar-refractivity contribution in [1.82, 2.24) is 0 Å². The summed E-state index contributed by atoms with van der Waals surface area (Å²) in [6, 6.07) is 7.29. The highest BCUT2D eigenvalue weighted by atomic mass is 16.3. The first kappa shape index (κ1) is 11.5. The van der Waals surface area contributed by atoms with E-state index in [0.717, 1.165) is 5.56 Å². The van der Waals surface area contributed by atoms with E-state index in [1.807, 2.05) is 18.2 Å². The topological polar surface area (TPSA) is 84.6 Å². The third-order valence-corrected chi connectivity index (χ3v) is 2.12. The summed E-state index contributed by atoms with van der Waals surface area (Å²) in [5.74, 6) is 0.531. The molecular weight excluding hydrogens is 190 g/mol. The number of nitrogens with two attached hydrogens (primary N) is 2. The minimum atomic E-state index is -0.575. The molecule has 1 aromatic carbocycles. The molecule has 0 saturated heterocycles. The van der Waals surface area contributed by atoms with Crippen LogP contribution >= 0.6 is 0 Å². The molecule has 0 aliphatic heterocycles. The lowest BCUT2D eigenvalue weighted by Gasteiger charge is -2.11. The molecule has 0 aliphatic carbocycles. The molecule has 82 valence electrons. The van der Waals surface area contributed by atoms with Gasteiger partial charge in [-0.25, -0.2) is 0 Å². The molecule has 0 fully saturated rings. The van der Waals surface area contributed by atoms with Gasteiger partial charge in [0.2, 0.25) is 0 Å². The number of nitrogen functional groups attached to an aromatic ring is 1. The molecule has 4 nitrogen and oxygen atoms in total. The number of anilines is 1. The van der Waals surface area contributed by atoms with E-state index in [9.17, 15) is 5.11 Å². The fourth-order valence-electron chi connectivity index (χ4n) is 1.33. The molecule has 1 unspecified atom stereocenters. The van der Waals surface area contributed by atoms with Gasteiger partial charge in [0.05, 0.1) is 11.9 Å². The Morgan fingerprint density at radius 2 is 2.13 bits per heavy atom. The average Bonchev–Trinajstić information content (AvgIpc) is 2.17. The number of rotatable bonds is 4. The standard InChI is InChI=1S/C11H17N3O/c1-8(12)14-7-6-11(15)9-4-2-3-5-10(9)13/h2-5,11,15H,6-7,13H2,1H3,(H2,12,14). The first-order chi connectivity index (χ1) is 7.11. The summed E-state index contributed by atoms with van der Waals surface area (Å²) >= 11 is 0. The fourth-order valence-corrected chi connectivity index (χ4v) is 1.33. The van der Waals surface area contributed by atoms with Crippen LogP contribution in [0.1, 0.15) is 25.0 Å². The molecule has 0 saturated carbocycles. The second-order valence-corrected chi connectivity index (χ2v) is 3.46. The smallest absolute Gasteiger partial charge is 0.0905 e. The predicted molar refractivity (Wildman–Crippen MR) is 62.6 cm³/mol. The van der Waals surface area contributed by atoms with Crippen LogP contribution in [0.15, 0.2) is 29.3 Å². The zero-order valence-electron chi connectivity index (χ0n) is 8.85. The van der Waals surface area contributed by atoms with E-state index in [-0.39, 0.29) is 0 Å². The largest absolute Gasteiger partial charge is 0.398 e. The normalized spacial score (nSPS) is 13.9. The van der Waals surface area contributed by atoms with Crippen LogP contribution in [0.4, 0.5) is 5.69 Å². The van der Waals surface area contributed by atoms with Crippen molar-refractivity contribution in [2.75, 3.05) is 12.3 Å². The molecule has 1 atom stereocenters. The van der Waals surface area contributed by atoms with Crippen LogP contribution in [-0.2, 0) is 0 Å². The van der Waals surface area contributed by atoms with Gasteiger partial charge in [0.1, 0.15) is 0 Å². The number of para-hydroxylation sites is 1. The first-order valence-corrected chi connectivity index (χ1v) is 4.90. The highest BCUT2D eigenvalue weighted by molar-refractivity contribution is 5.77. The minimum absolute atomic E-state index is 0.512. The zero-order valence-corrected chi connectivity index (χ0v) is 8.85. The van der Waals surface area contributed by atoms with Crippen molar-refractivity contribution in [3.05, 3.63) is 29.8 Å². The second-order valence-electron chi connectivity index (χ2n) is 3.46. The average molecular weight is 207 g/mol. The molecule has 5 N–H and O–H groups in total. The lowest BCUT2D eigenvalue weighted by Crippen LogP contribution is -2.08. The lowest BCUT2D eigenvalue weighted by atomic mass is 10.0. The van der Waals surface area contributed by atoms with Crippen LogP contribution in [0.3, 0.4) is 0 Å². The molecule has 1 aromatic rings. The van der Waals surface area contributed by atoms with E-state index in [1.54, 1.807) is 13.0 Å². The number of amidine groups is 1. The number of nitrogens with zero attached hydrogens (tertiary/aromatic N) is 1. The monoisotopic (exact) mass is 207 g/mol. The summed E-state index contributed by atoms with van der Waals surface area (Å²) in [6.07, 6.45) is -0.0442. The van der Waals surface area contributed by atoms with Crippen LogP contribution in [0.5, 0.6) is 0 Å². The number of benzene rings is 1. The number of aliphatic hydroxyl groups is 1. The molecule has 0 amide bonds. The second kappa shape index (κ2) is 5.36. The van der Waals surface area contributed by atoms with E-state index in [0.29, 0.717) is 24.5 Å². The van der Waals surface area contributed by atoms with Crippen LogP contribution in [0, 0.1) is 0 Å². The summed E-state index contributed by atoms with van der Waals surface area (Å²) in [7, 11) is 0. The molecule has 0 radical (unpaired) electrons. The van der Waals surface area contributed by atoms with Gasteiger partial charge in [0, 0.05) is 17.8 Å². The Morgan fingerprint density at radius 1 is 1.47 bits per heavy atom. The van der Waals surface area contributed by atoms with E-state index >= 15 is 0 Å². The highest BCUT2D eigenvalue weighted by Gasteiger charge is 2.09. The van der Waals surface area contributed by atoms with E-state index in [1.165, 1.54) is 0 Å². The van der Waals surface area contributed by atoms with Gasteiger partial charge in [0.15, 0.2) is 0 Å². The molecular formula is C11H17N3O. The number of aliphatic hydroxyl groups excluding tert-OH is 1. The summed E-state index contributed by atoms with van der Waals surface area (Å²) in [5, 5.41) is 9.82. The van der Waals surface area contributed by atoms with Gasteiger partial charge in [-0.2, -0.15) is 0 Å². The number of hydrogen-bond acceptors (Lipinski definition) is 3. The third-order valence-electron chi connectivity index (χ3n) is 2.12. The maximum absolute atomic E-state index is 9.82. The van der Waals surface area contributed by atoms with Crippen molar-refractivity contribution >= 4 is 11.5 Å². The zero-order chi connectivity index (χ0) is 11.3. The SMILES string of the molecule is CC(N)=NCCC(O)c1ccccc1N. The Labute approximate surface area is 89.6 Å². The summed E-state index contributed by atoms with van der Waals surface area (Å²) in [4.78, 5) is 4.01. The third kappa shape index (κ3) is 3.59. The molecule has 0 aliphatic rings. The van der Waals surface area contributed by atoms with Crippen molar-refractivity contribution in [3.63, 3.8) is 0 Å². The maximum atomic E-state index is 9.82. The molecule has 0 heterocycles. The first-order valence-electron chi connectivity index (χ1n) is 4.90. The summed E-state index contributed by atoms with van der Waals surface area (Å²) in [6.45, 7) is 2.24. The van der Waals surface area contributed by atoms with Gasteiger partial charge in [0.25, 0.3) is 0 Å². The van der Waals surface area contributed by atoms with E-state index in [4.69, 9.17) is 11.5 Å². The van der Waals surface area contributed by atoms with Crippen LogP contribution in [0.2, 0.25) is 0 Å². The maximum Gasteiger partial charge on any atom is 0.0905 e. The van der Waals surface area contributed by atoms with Crippen molar-refractivity contribution in [2.24, 2.45) is 10.7 Å². The molecule has 0 spiro atoms. The van der Waals surface area contributed by atoms with Crippen LogP contribution < -0.4 is 11.5 Å². The Morgan fingerprint density at radius 3 is 2.73 bits per heavy atom. The van der Waals surface area contributed by atoms with Crippen molar-refractivity contribution in [1.29, 1.82) is 0 Å². The number of hydrogen-bond donors (Lipinski definition) is 3. The van der Waals surface area contributed by atoms with Crippen LogP contribution in [-0.4, -0.2) is 17.5 Å². The Balaban J connectivity index is 2.58. The molecule has 4 heteroatoms. The Kier molecular flexibility index (Phi) is 4.12. The van der Waals surface area contributed by atoms with Crippen LogP contribution in [0.25, 0.3) is 0 Å². The van der Waals surface area contributed by atoms with Gasteiger partial charge in [-0.15, -0.1) is 0 Å².